The average Bonchev–Trinajstić information content (AvgIpc) is 3.23. The molecule has 0 bridgehead atoms. The Morgan fingerprint density at radius 2 is 2.00 bits per heavy atom. The third-order valence-electron chi connectivity index (χ3n) is 5.77. The van der Waals surface area contributed by atoms with Crippen LogP contribution < -0.4 is 0 Å². The van der Waals surface area contributed by atoms with E-state index in [2.05, 4.69) is 28.9 Å². The van der Waals surface area contributed by atoms with Gasteiger partial charge in [-0.25, -0.2) is 0 Å². The number of amides is 1. The van der Waals surface area contributed by atoms with Gasteiger partial charge < -0.3 is 14.2 Å². The molecule has 0 spiro atoms. The van der Waals surface area contributed by atoms with E-state index in [4.69, 9.17) is 4.42 Å². The van der Waals surface area contributed by atoms with Gasteiger partial charge in [0.2, 0.25) is 5.91 Å². The lowest BCUT2D eigenvalue weighted by atomic mass is 10.1. The summed E-state index contributed by atoms with van der Waals surface area (Å²) in [5, 5.41) is 1.07. The molecule has 1 aromatic carbocycles. The minimum atomic E-state index is 0.253. The molecule has 2 saturated heterocycles. The molecule has 0 radical (unpaired) electrons. The summed E-state index contributed by atoms with van der Waals surface area (Å²) in [6.45, 7) is 6.42. The fourth-order valence-corrected chi connectivity index (χ4v) is 4.39. The molecule has 1 atom stereocenters. The number of aryl methyl sites for hydroxylation is 1. The first-order chi connectivity index (χ1) is 12.2. The van der Waals surface area contributed by atoms with Crippen LogP contribution in [0.15, 0.2) is 28.9 Å². The van der Waals surface area contributed by atoms with Gasteiger partial charge in [-0.15, -0.1) is 0 Å². The van der Waals surface area contributed by atoms with Crippen LogP contribution in [0.4, 0.5) is 0 Å². The molecule has 1 amide bonds. The second-order valence-electron chi connectivity index (χ2n) is 7.68. The maximum atomic E-state index is 12.9. The van der Waals surface area contributed by atoms with Crippen molar-refractivity contribution in [3.63, 3.8) is 0 Å². The van der Waals surface area contributed by atoms with Crippen molar-refractivity contribution < 1.29 is 9.21 Å². The fraction of sp³-hybridized carbons (Fsp3) is 0.571. The number of hydrogen-bond acceptors (Lipinski definition) is 3. The van der Waals surface area contributed by atoms with Crippen LogP contribution in [0.1, 0.15) is 43.2 Å². The Kier molecular flexibility index (Phi) is 4.80. The highest BCUT2D eigenvalue weighted by molar-refractivity contribution is 5.88. The smallest absolute Gasteiger partial charge is 0.227 e. The van der Waals surface area contributed by atoms with Gasteiger partial charge in [0.05, 0.1) is 12.7 Å². The summed E-state index contributed by atoms with van der Waals surface area (Å²) in [6, 6.07) is 6.59. The zero-order valence-electron chi connectivity index (χ0n) is 15.2. The zero-order chi connectivity index (χ0) is 17.2. The summed E-state index contributed by atoms with van der Waals surface area (Å²) in [7, 11) is 0. The molecule has 3 heterocycles. The van der Waals surface area contributed by atoms with Crippen molar-refractivity contribution in [2.45, 2.75) is 51.5 Å². The Bertz CT molecular complexity index is 745. The molecule has 2 aliphatic rings. The standard InChI is InChI=1S/C21H28N2O2/c1-16-7-8-19-17(15-25-20(19)12-16)13-21(24)23-11-5-6-18(23)14-22-9-3-2-4-10-22/h7-8,12,15,18H,2-6,9-11,13-14H2,1H3. The Balaban J connectivity index is 1.43. The molecule has 2 aliphatic heterocycles. The number of nitrogens with zero attached hydrogens (tertiary/aromatic N) is 2. The summed E-state index contributed by atoms with van der Waals surface area (Å²) >= 11 is 0. The van der Waals surface area contributed by atoms with E-state index in [1.165, 1.54) is 37.9 Å². The number of piperidine rings is 1. The summed E-state index contributed by atoms with van der Waals surface area (Å²) in [6.07, 6.45) is 8.46. The highest BCUT2D eigenvalue weighted by Crippen LogP contribution is 2.25. The second kappa shape index (κ2) is 7.20. The van der Waals surface area contributed by atoms with Crippen LogP contribution >= 0.6 is 0 Å². The largest absolute Gasteiger partial charge is 0.464 e. The third-order valence-corrected chi connectivity index (χ3v) is 5.77. The quantitative estimate of drug-likeness (QED) is 0.850. The second-order valence-corrected chi connectivity index (χ2v) is 7.68. The number of fused-ring (bicyclic) bond motifs is 1. The highest BCUT2D eigenvalue weighted by atomic mass is 16.3. The fourth-order valence-electron chi connectivity index (χ4n) is 4.39. The predicted molar refractivity (Wildman–Crippen MR) is 99.7 cm³/mol. The molecule has 0 saturated carbocycles. The Morgan fingerprint density at radius 1 is 1.16 bits per heavy atom. The van der Waals surface area contributed by atoms with Crippen molar-refractivity contribution >= 4 is 16.9 Å². The first kappa shape index (κ1) is 16.6. The lowest BCUT2D eigenvalue weighted by Crippen LogP contribution is -2.45. The van der Waals surface area contributed by atoms with E-state index >= 15 is 0 Å². The molecule has 4 rings (SSSR count). The molecule has 1 aromatic heterocycles. The number of hydrogen-bond donors (Lipinski definition) is 0. The van der Waals surface area contributed by atoms with Crippen LogP contribution in [0.5, 0.6) is 0 Å². The highest BCUT2D eigenvalue weighted by Gasteiger charge is 2.30. The number of likely N-dealkylation sites (tertiary alicyclic amines) is 2. The first-order valence-corrected chi connectivity index (χ1v) is 9.69. The first-order valence-electron chi connectivity index (χ1n) is 9.69. The minimum Gasteiger partial charge on any atom is -0.464 e. The maximum absolute atomic E-state index is 12.9. The summed E-state index contributed by atoms with van der Waals surface area (Å²) in [4.78, 5) is 17.6. The molecule has 0 N–H and O–H groups in total. The average molecular weight is 340 g/mol. The Morgan fingerprint density at radius 3 is 2.84 bits per heavy atom. The molecular weight excluding hydrogens is 312 g/mol. The zero-order valence-corrected chi connectivity index (χ0v) is 15.2. The predicted octanol–water partition coefficient (Wildman–Crippen LogP) is 3.76. The SMILES string of the molecule is Cc1ccc2c(CC(=O)N3CCCC3CN3CCCCC3)coc2c1. The van der Waals surface area contributed by atoms with Crippen molar-refractivity contribution in [3.8, 4) is 0 Å². The van der Waals surface area contributed by atoms with Crippen LogP contribution in [0, 0.1) is 6.92 Å². The van der Waals surface area contributed by atoms with Crippen LogP contribution in [0.3, 0.4) is 0 Å². The van der Waals surface area contributed by atoms with E-state index in [1.807, 2.05) is 6.07 Å². The number of rotatable bonds is 4. The van der Waals surface area contributed by atoms with Crippen LogP contribution in [0.2, 0.25) is 0 Å². The third kappa shape index (κ3) is 3.59. The van der Waals surface area contributed by atoms with Crippen molar-refractivity contribution in [3.05, 3.63) is 35.6 Å². The van der Waals surface area contributed by atoms with Gasteiger partial charge >= 0.3 is 0 Å². The van der Waals surface area contributed by atoms with Gasteiger partial charge in [-0.05, 0) is 57.3 Å². The van der Waals surface area contributed by atoms with E-state index in [-0.39, 0.29) is 5.91 Å². The Labute approximate surface area is 149 Å². The van der Waals surface area contributed by atoms with Crippen molar-refractivity contribution in [2.24, 2.45) is 0 Å². The van der Waals surface area contributed by atoms with Gasteiger partial charge in [-0.2, -0.15) is 0 Å². The van der Waals surface area contributed by atoms with Gasteiger partial charge in [0, 0.05) is 30.1 Å². The lowest BCUT2D eigenvalue weighted by molar-refractivity contribution is -0.131. The molecule has 25 heavy (non-hydrogen) atoms. The van der Waals surface area contributed by atoms with E-state index < -0.39 is 0 Å². The van der Waals surface area contributed by atoms with Gasteiger partial charge in [0.1, 0.15) is 5.58 Å². The molecule has 2 fully saturated rings. The van der Waals surface area contributed by atoms with Crippen molar-refractivity contribution in [1.29, 1.82) is 0 Å². The summed E-state index contributed by atoms with van der Waals surface area (Å²) in [5.74, 6) is 0.253. The monoisotopic (exact) mass is 340 g/mol. The van der Waals surface area contributed by atoms with Crippen LogP contribution in [-0.4, -0.2) is 47.9 Å². The summed E-state index contributed by atoms with van der Waals surface area (Å²) in [5.41, 5.74) is 3.08. The van der Waals surface area contributed by atoms with Crippen molar-refractivity contribution in [2.75, 3.05) is 26.2 Å². The van der Waals surface area contributed by atoms with Gasteiger partial charge in [-0.1, -0.05) is 18.6 Å². The van der Waals surface area contributed by atoms with E-state index in [0.29, 0.717) is 12.5 Å². The molecular formula is C21H28N2O2. The van der Waals surface area contributed by atoms with Gasteiger partial charge in [-0.3, -0.25) is 4.79 Å². The molecule has 0 aliphatic carbocycles. The number of carbonyl (C=O) groups excluding carboxylic acids is 1. The van der Waals surface area contributed by atoms with Gasteiger partial charge in [0.25, 0.3) is 0 Å². The molecule has 2 aromatic rings. The minimum absolute atomic E-state index is 0.253. The van der Waals surface area contributed by atoms with Gasteiger partial charge in [0.15, 0.2) is 0 Å². The van der Waals surface area contributed by atoms with E-state index in [9.17, 15) is 4.79 Å². The number of carbonyl (C=O) groups is 1. The molecule has 134 valence electrons. The van der Waals surface area contributed by atoms with Crippen LogP contribution in [0.25, 0.3) is 11.0 Å². The molecule has 4 heteroatoms. The van der Waals surface area contributed by atoms with Crippen LogP contribution in [-0.2, 0) is 11.2 Å². The molecule has 4 nitrogen and oxygen atoms in total. The maximum Gasteiger partial charge on any atom is 0.227 e. The number of furan rings is 1. The lowest BCUT2D eigenvalue weighted by Gasteiger charge is -2.33. The van der Waals surface area contributed by atoms with Crippen molar-refractivity contribution in [1.82, 2.24) is 9.80 Å². The number of benzene rings is 1. The molecule has 1 unspecified atom stereocenters. The van der Waals surface area contributed by atoms with E-state index in [0.717, 1.165) is 42.5 Å². The summed E-state index contributed by atoms with van der Waals surface area (Å²) < 4.78 is 5.66. The normalized spacial score (nSPS) is 22.0. The Hall–Kier alpha value is -1.81. The van der Waals surface area contributed by atoms with E-state index in [1.54, 1.807) is 6.26 Å². The topological polar surface area (TPSA) is 36.7 Å².